The highest BCUT2D eigenvalue weighted by atomic mass is 32.2. The molecule has 2 heterocycles. The van der Waals surface area contributed by atoms with Crippen molar-refractivity contribution < 1.29 is 13.2 Å². The van der Waals surface area contributed by atoms with Crippen LogP contribution in [0.5, 0.6) is 0 Å². The highest BCUT2D eigenvalue weighted by Gasteiger charge is 2.35. The third kappa shape index (κ3) is 3.89. The molecule has 2 aliphatic rings. The number of nitrogens with zero attached hydrogens (tertiary/aromatic N) is 2. The maximum atomic E-state index is 12.6. The number of carbonyl (C=O) groups is 1. The van der Waals surface area contributed by atoms with Crippen molar-refractivity contribution in [2.24, 2.45) is 17.8 Å². The molecule has 1 aliphatic heterocycles. The van der Waals surface area contributed by atoms with Crippen molar-refractivity contribution in [3.05, 3.63) is 12.5 Å². The fourth-order valence-electron chi connectivity index (χ4n) is 3.97. The van der Waals surface area contributed by atoms with E-state index in [1.165, 1.54) is 23.3 Å². The summed E-state index contributed by atoms with van der Waals surface area (Å²) in [7, 11) is -3.53. The lowest BCUT2D eigenvalue weighted by Gasteiger charge is -2.36. The second-order valence-corrected chi connectivity index (χ2v) is 9.38. The number of amides is 1. The molecule has 1 saturated carbocycles. The van der Waals surface area contributed by atoms with Crippen molar-refractivity contribution >= 4 is 15.9 Å². The van der Waals surface area contributed by atoms with Crippen LogP contribution in [0.1, 0.15) is 46.0 Å². The molecule has 140 valence electrons. The molecule has 0 unspecified atom stereocenters. The lowest BCUT2D eigenvalue weighted by atomic mass is 9.78. The molecule has 1 aromatic heterocycles. The minimum atomic E-state index is -3.53. The van der Waals surface area contributed by atoms with E-state index in [-0.39, 0.29) is 22.9 Å². The summed E-state index contributed by atoms with van der Waals surface area (Å²) in [6.45, 7) is 5.21. The Kier molecular flexibility index (Phi) is 5.48. The summed E-state index contributed by atoms with van der Waals surface area (Å²) < 4.78 is 26.4. The normalized spacial score (nSPS) is 29.4. The summed E-state index contributed by atoms with van der Waals surface area (Å²) >= 11 is 0. The first-order chi connectivity index (χ1) is 11.9. The highest BCUT2D eigenvalue weighted by molar-refractivity contribution is 7.89. The number of hydrogen-bond acceptors (Lipinski definition) is 4. The van der Waals surface area contributed by atoms with Crippen LogP contribution in [0.25, 0.3) is 0 Å². The molecule has 0 bridgehead atoms. The molecule has 0 spiro atoms. The van der Waals surface area contributed by atoms with Gasteiger partial charge in [0.25, 0.3) is 10.0 Å². The number of hydrogen-bond donors (Lipinski definition) is 2. The summed E-state index contributed by atoms with van der Waals surface area (Å²) in [6.07, 6.45) is 7.25. The Labute approximate surface area is 149 Å². The zero-order valence-corrected chi connectivity index (χ0v) is 15.8. The molecule has 25 heavy (non-hydrogen) atoms. The topological polar surface area (TPSA) is 95.2 Å². The molecule has 7 nitrogen and oxygen atoms in total. The predicted molar refractivity (Wildman–Crippen MR) is 94.2 cm³/mol. The highest BCUT2D eigenvalue weighted by Crippen LogP contribution is 2.30. The predicted octanol–water partition coefficient (Wildman–Crippen LogP) is 1.75. The van der Waals surface area contributed by atoms with E-state index in [1.807, 2.05) is 0 Å². The van der Waals surface area contributed by atoms with Crippen LogP contribution in [0.2, 0.25) is 0 Å². The fraction of sp³-hybridized carbons (Fsp3) is 0.765. The number of aromatic nitrogens is 2. The van der Waals surface area contributed by atoms with Crippen molar-refractivity contribution in [2.75, 3.05) is 13.1 Å². The van der Waals surface area contributed by atoms with Gasteiger partial charge in [0.05, 0.1) is 12.5 Å². The molecule has 3 atom stereocenters. The van der Waals surface area contributed by atoms with Gasteiger partial charge in [-0.05, 0) is 31.1 Å². The first kappa shape index (κ1) is 18.4. The molecule has 0 radical (unpaired) electrons. The first-order valence-electron chi connectivity index (χ1n) is 9.18. The van der Waals surface area contributed by atoms with E-state index in [0.29, 0.717) is 37.8 Å². The van der Waals surface area contributed by atoms with Crippen molar-refractivity contribution in [3.63, 3.8) is 0 Å². The van der Waals surface area contributed by atoms with E-state index < -0.39 is 10.0 Å². The second-order valence-electron chi connectivity index (χ2n) is 7.48. The van der Waals surface area contributed by atoms with Crippen LogP contribution in [0.4, 0.5) is 0 Å². The Balaban J connectivity index is 1.54. The van der Waals surface area contributed by atoms with Gasteiger partial charge in [0.2, 0.25) is 5.91 Å². The van der Waals surface area contributed by atoms with E-state index in [1.54, 1.807) is 0 Å². The van der Waals surface area contributed by atoms with Gasteiger partial charge in [0.15, 0.2) is 5.03 Å². The minimum Gasteiger partial charge on any atom is -0.353 e. The molecule has 2 fully saturated rings. The number of H-pyrrole nitrogens is 1. The van der Waals surface area contributed by atoms with Crippen molar-refractivity contribution in [1.29, 1.82) is 0 Å². The van der Waals surface area contributed by atoms with Gasteiger partial charge in [-0.1, -0.05) is 26.7 Å². The number of imidazole rings is 1. The Morgan fingerprint density at radius 2 is 1.96 bits per heavy atom. The molecular weight excluding hydrogens is 340 g/mol. The van der Waals surface area contributed by atoms with Crippen LogP contribution >= 0.6 is 0 Å². The van der Waals surface area contributed by atoms with Gasteiger partial charge < -0.3 is 10.3 Å². The van der Waals surface area contributed by atoms with Crippen LogP contribution in [0.3, 0.4) is 0 Å². The SMILES string of the molecule is C[C@@H]1[C@H](C)CCC[C@@H]1NC(=O)C1CCN(S(=O)(=O)c2cnc[nH]2)CC1. The molecule has 1 aliphatic carbocycles. The molecule has 0 aromatic carbocycles. The monoisotopic (exact) mass is 368 g/mol. The Bertz CT molecular complexity index is 681. The molecule has 2 N–H and O–H groups in total. The standard InChI is InChI=1S/C17H28N4O3S/c1-12-4-3-5-15(13(12)2)20-17(22)14-6-8-21(9-7-14)25(23,24)16-10-18-11-19-16/h10-15H,3-9H2,1-2H3,(H,18,19)(H,20,22)/t12-,13-,15+/m1/s1. The van der Waals surface area contributed by atoms with Gasteiger partial charge in [0.1, 0.15) is 0 Å². The van der Waals surface area contributed by atoms with Crippen molar-refractivity contribution in [1.82, 2.24) is 19.6 Å². The molecular formula is C17H28N4O3S. The number of carbonyl (C=O) groups excluding carboxylic acids is 1. The summed E-state index contributed by atoms with van der Waals surface area (Å²) in [5, 5.41) is 3.34. The number of nitrogens with one attached hydrogen (secondary N) is 2. The number of rotatable bonds is 4. The van der Waals surface area contributed by atoms with Gasteiger partial charge in [0, 0.05) is 25.0 Å². The Morgan fingerprint density at radius 1 is 1.24 bits per heavy atom. The maximum absolute atomic E-state index is 12.6. The Hall–Kier alpha value is -1.41. The third-order valence-corrected chi connectivity index (χ3v) is 7.77. The van der Waals surface area contributed by atoms with Crippen LogP contribution in [-0.2, 0) is 14.8 Å². The Morgan fingerprint density at radius 3 is 2.60 bits per heavy atom. The molecule has 8 heteroatoms. The summed E-state index contributed by atoms with van der Waals surface area (Å²) in [5.74, 6) is 1.13. The molecule has 1 aromatic rings. The zero-order valence-electron chi connectivity index (χ0n) is 14.9. The van der Waals surface area contributed by atoms with E-state index in [2.05, 4.69) is 29.1 Å². The first-order valence-corrected chi connectivity index (χ1v) is 10.6. The molecule has 3 rings (SSSR count). The van der Waals surface area contributed by atoms with Gasteiger partial charge in [-0.25, -0.2) is 13.4 Å². The average Bonchev–Trinajstić information content (AvgIpc) is 3.14. The summed E-state index contributed by atoms with van der Waals surface area (Å²) in [6, 6.07) is 0.253. The number of sulfonamides is 1. The van der Waals surface area contributed by atoms with Crippen LogP contribution in [0, 0.1) is 17.8 Å². The number of piperidine rings is 1. The molecule has 1 amide bonds. The smallest absolute Gasteiger partial charge is 0.260 e. The van der Waals surface area contributed by atoms with Crippen molar-refractivity contribution in [3.8, 4) is 0 Å². The van der Waals surface area contributed by atoms with Crippen LogP contribution in [-0.4, -0.2) is 47.7 Å². The van der Waals surface area contributed by atoms with E-state index >= 15 is 0 Å². The van der Waals surface area contributed by atoms with Gasteiger partial charge >= 0.3 is 0 Å². The zero-order chi connectivity index (χ0) is 18.0. The minimum absolute atomic E-state index is 0.0875. The molecule has 1 saturated heterocycles. The van der Waals surface area contributed by atoms with E-state index in [0.717, 1.165) is 12.8 Å². The quantitative estimate of drug-likeness (QED) is 0.846. The lowest BCUT2D eigenvalue weighted by Crippen LogP contribution is -2.48. The summed E-state index contributed by atoms with van der Waals surface area (Å²) in [4.78, 5) is 19.0. The summed E-state index contributed by atoms with van der Waals surface area (Å²) in [5.41, 5.74) is 0. The van der Waals surface area contributed by atoms with Gasteiger partial charge in [-0.2, -0.15) is 4.31 Å². The third-order valence-electron chi connectivity index (χ3n) is 5.95. The number of aromatic amines is 1. The fourth-order valence-corrected chi connectivity index (χ4v) is 5.33. The van der Waals surface area contributed by atoms with Crippen molar-refractivity contribution in [2.45, 2.75) is 57.0 Å². The maximum Gasteiger partial charge on any atom is 0.260 e. The largest absolute Gasteiger partial charge is 0.353 e. The van der Waals surface area contributed by atoms with Gasteiger partial charge in [-0.3, -0.25) is 4.79 Å². The van der Waals surface area contributed by atoms with E-state index in [9.17, 15) is 13.2 Å². The van der Waals surface area contributed by atoms with Crippen LogP contribution < -0.4 is 5.32 Å². The second kappa shape index (κ2) is 7.45. The van der Waals surface area contributed by atoms with Gasteiger partial charge in [-0.15, -0.1) is 0 Å². The average molecular weight is 369 g/mol. The van der Waals surface area contributed by atoms with E-state index in [4.69, 9.17) is 0 Å². The van der Waals surface area contributed by atoms with Crippen LogP contribution in [0.15, 0.2) is 17.6 Å². The lowest BCUT2D eigenvalue weighted by molar-refractivity contribution is -0.127.